The van der Waals surface area contributed by atoms with Gasteiger partial charge in [0, 0.05) is 12.1 Å². The molecule has 0 aliphatic heterocycles. The molecule has 0 radical (unpaired) electrons. The van der Waals surface area contributed by atoms with E-state index in [1.54, 1.807) is 12.1 Å². The molecule has 0 fully saturated rings. The maximum atomic E-state index is 13.9. The zero-order valence-electron chi connectivity index (χ0n) is 20.7. The van der Waals surface area contributed by atoms with Crippen molar-refractivity contribution < 1.29 is 14.0 Å². The Morgan fingerprint density at radius 2 is 1.67 bits per heavy atom. The second-order valence-corrected chi connectivity index (χ2v) is 9.42. The number of halogens is 1. The van der Waals surface area contributed by atoms with Gasteiger partial charge in [-0.3, -0.25) is 9.59 Å². The van der Waals surface area contributed by atoms with E-state index in [2.05, 4.69) is 15.6 Å². The molecular weight excluding hydrogens is 457 g/mol. The molecule has 1 N–H and O–H groups in total. The van der Waals surface area contributed by atoms with E-state index in [0.29, 0.717) is 16.6 Å². The van der Waals surface area contributed by atoms with Crippen molar-refractivity contribution in [2.24, 2.45) is 0 Å². The standard InChI is InChI=1S/C28H30FN5O2/c1-4-28(2,3)30-27(36)26(21-10-6-5-7-11-21)33(18-20-14-16-22(29)17-15-20)25(35)19-34-24-13-9-8-12-23(24)31-32-34/h5-17,26H,4,18-19H2,1-3H3,(H,30,36). The van der Waals surface area contributed by atoms with Gasteiger partial charge >= 0.3 is 0 Å². The number of hydrogen-bond acceptors (Lipinski definition) is 4. The van der Waals surface area contributed by atoms with E-state index >= 15 is 0 Å². The summed E-state index contributed by atoms with van der Waals surface area (Å²) in [4.78, 5) is 29.1. The molecule has 1 unspecified atom stereocenters. The number of carbonyl (C=O) groups excluding carboxylic acids is 2. The fourth-order valence-corrected chi connectivity index (χ4v) is 3.96. The van der Waals surface area contributed by atoms with Crippen LogP contribution in [0.2, 0.25) is 0 Å². The van der Waals surface area contributed by atoms with Gasteiger partial charge in [-0.05, 0) is 55.7 Å². The average Bonchev–Trinajstić information content (AvgIpc) is 3.28. The Bertz CT molecular complexity index is 1340. The fraction of sp³-hybridized carbons (Fsp3) is 0.286. The number of amides is 2. The van der Waals surface area contributed by atoms with Crippen molar-refractivity contribution in [3.05, 3.63) is 95.8 Å². The number of carbonyl (C=O) groups is 2. The monoisotopic (exact) mass is 487 g/mol. The second kappa shape index (κ2) is 10.7. The molecule has 4 rings (SSSR count). The van der Waals surface area contributed by atoms with Crippen molar-refractivity contribution in [2.45, 2.75) is 51.9 Å². The van der Waals surface area contributed by atoms with Crippen LogP contribution in [0.4, 0.5) is 4.39 Å². The number of hydrogen-bond donors (Lipinski definition) is 1. The normalized spacial score (nSPS) is 12.3. The first-order valence-electron chi connectivity index (χ1n) is 12.0. The van der Waals surface area contributed by atoms with E-state index in [1.807, 2.05) is 75.4 Å². The lowest BCUT2D eigenvalue weighted by Crippen LogP contribution is -2.50. The van der Waals surface area contributed by atoms with Crippen molar-refractivity contribution in [3.8, 4) is 0 Å². The van der Waals surface area contributed by atoms with Gasteiger partial charge in [-0.25, -0.2) is 9.07 Å². The summed E-state index contributed by atoms with van der Waals surface area (Å²) in [5.41, 5.74) is 2.33. The summed E-state index contributed by atoms with van der Waals surface area (Å²) in [6.45, 7) is 5.90. The highest BCUT2D eigenvalue weighted by Crippen LogP contribution is 2.26. The van der Waals surface area contributed by atoms with Gasteiger partial charge < -0.3 is 10.2 Å². The van der Waals surface area contributed by atoms with Crippen molar-refractivity contribution in [1.82, 2.24) is 25.2 Å². The molecule has 36 heavy (non-hydrogen) atoms. The molecule has 0 saturated heterocycles. The van der Waals surface area contributed by atoms with Gasteiger partial charge in [0.15, 0.2) is 0 Å². The van der Waals surface area contributed by atoms with Crippen LogP contribution in [0.25, 0.3) is 11.0 Å². The van der Waals surface area contributed by atoms with Gasteiger partial charge in [0.2, 0.25) is 11.8 Å². The molecule has 0 aliphatic rings. The number of benzene rings is 3. The molecule has 7 nitrogen and oxygen atoms in total. The maximum Gasteiger partial charge on any atom is 0.247 e. The Morgan fingerprint density at radius 3 is 2.36 bits per heavy atom. The summed E-state index contributed by atoms with van der Waals surface area (Å²) in [7, 11) is 0. The Labute approximate surface area is 209 Å². The van der Waals surface area contributed by atoms with Crippen LogP contribution in [0.5, 0.6) is 0 Å². The van der Waals surface area contributed by atoms with Crippen LogP contribution in [0.15, 0.2) is 78.9 Å². The molecule has 3 aromatic carbocycles. The summed E-state index contributed by atoms with van der Waals surface area (Å²) < 4.78 is 15.1. The number of nitrogens with one attached hydrogen (secondary N) is 1. The lowest BCUT2D eigenvalue weighted by atomic mass is 9.98. The highest BCUT2D eigenvalue weighted by atomic mass is 19.1. The third kappa shape index (κ3) is 5.76. The third-order valence-corrected chi connectivity index (χ3v) is 6.31. The summed E-state index contributed by atoms with van der Waals surface area (Å²) in [6.07, 6.45) is 0.719. The smallest absolute Gasteiger partial charge is 0.247 e. The molecule has 8 heteroatoms. The van der Waals surface area contributed by atoms with Crippen LogP contribution in [0, 0.1) is 5.82 Å². The Kier molecular flexibility index (Phi) is 7.43. The van der Waals surface area contributed by atoms with Gasteiger partial charge in [0.05, 0.1) is 5.52 Å². The van der Waals surface area contributed by atoms with Gasteiger partial charge in [-0.2, -0.15) is 0 Å². The van der Waals surface area contributed by atoms with Crippen molar-refractivity contribution >= 4 is 22.8 Å². The topological polar surface area (TPSA) is 80.1 Å². The summed E-state index contributed by atoms with van der Waals surface area (Å²) >= 11 is 0. The minimum Gasteiger partial charge on any atom is -0.349 e. The zero-order valence-corrected chi connectivity index (χ0v) is 20.7. The highest BCUT2D eigenvalue weighted by Gasteiger charge is 2.34. The van der Waals surface area contributed by atoms with Crippen LogP contribution in [-0.2, 0) is 22.7 Å². The molecular formula is C28H30FN5O2. The van der Waals surface area contributed by atoms with Crippen molar-refractivity contribution in [2.75, 3.05) is 0 Å². The van der Waals surface area contributed by atoms with Crippen LogP contribution in [0.1, 0.15) is 44.4 Å². The largest absolute Gasteiger partial charge is 0.349 e. The van der Waals surface area contributed by atoms with Gasteiger partial charge in [0.25, 0.3) is 0 Å². The molecule has 1 atom stereocenters. The SMILES string of the molecule is CCC(C)(C)NC(=O)C(c1ccccc1)N(Cc1ccc(F)cc1)C(=O)Cn1nnc2ccccc21. The predicted octanol–water partition coefficient (Wildman–Crippen LogP) is 4.65. The average molecular weight is 488 g/mol. The van der Waals surface area contributed by atoms with Gasteiger partial charge in [0.1, 0.15) is 23.9 Å². The van der Waals surface area contributed by atoms with E-state index in [-0.39, 0.29) is 30.7 Å². The Balaban J connectivity index is 1.74. The molecule has 0 spiro atoms. The van der Waals surface area contributed by atoms with E-state index in [1.165, 1.54) is 21.7 Å². The lowest BCUT2D eigenvalue weighted by Gasteiger charge is -2.34. The molecule has 186 valence electrons. The minimum atomic E-state index is -0.899. The van der Waals surface area contributed by atoms with Crippen molar-refractivity contribution in [1.29, 1.82) is 0 Å². The molecule has 0 aliphatic carbocycles. The zero-order chi connectivity index (χ0) is 25.7. The molecule has 0 bridgehead atoms. The fourth-order valence-electron chi connectivity index (χ4n) is 3.96. The first-order chi connectivity index (χ1) is 17.3. The van der Waals surface area contributed by atoms with Crippen LogP contribution >= 0.6 is 0 Å². The Hall–Kier alpha value is -4.07. The quantitative estimate of drug-likeness (QED) is 0.373. The van der Waals surface area contributed by atoms with Gasteiger partial charge in [-0.15, -0.1) is 5.10 Å². The van der Waals surface area contributed by atoms with E-state index in [0.717, 1.165) is 11.9 Å². The number of nitrogens with zero attached hydrogens (tertiary/aromatic N) is 4. The summed E-state index contributed by atoms with van der Waals surface area (Å²) in [5.74, 6) is -0.965. The first-order valence-corrected chi connectivity index (χ1v) is 12.0. The highest BCUT2D eigenvalue weighted by molar-refractivity contribution is 5.89. The van der Waals surface area contributed by atoms with E-state index in [9.17, 15) is 14.0 Å². The molecule has 2 amide bonds. The minimum absolute atomic E-state index is 0.102. The number of rotatable bonds is 9. The number of para-hydroxylation sites is 1. The van der Waals surface area contributed by atoms with E-state index < -0.39 is 11.6 Å². The predicted molar refractivity (Wildman–Crippen MR) is 136 cm³/mol. The molecule has 0 saturated carbocycles. The second-order valence-electron chi connectivity index (χ2n) is 9.42. The van der Waals surface area contributed by atoms with Crippen LogP contribution in [0.3, 0.4) is 0 Å². The molecule has 1 heterocycles. The van der Waals surface area contributed by atoms with E-state index in [4.69, 9.17) is 0 Å². The number of fused-ring (bicyclic) bond motifs is 1. The Morgan fingerprint density at radius 1 is 1.00 bits per heavy atom. The van der Waals surface area contributed by atoms with Crippen molar-refractivity contribution in [3.63, 3.8) is 0 Å². The van der Waals surface area contributed by atoms with Gasteiger partial charge in [-0.1, -0.05) is 66.7 Å². The van der Waals surface area contributed by atoms with Crippen LogP contribution in [-0.4, -0.2) is 37.2 Å². The number of aromatic nitrogens is 3. The molecule has 1 aromatic heterocycles. The molecule has 4 aromatic rings. The third-order valence-electron chi connectivity index (χ3n) is 6.31. The summed E-state index contributed by atoms with van der Waals surface area (Å²) in [5, 5.41) is 11.4. The first kappa shape index (κ1) is 25.0. The lowest BCUT2D eigenvalue weighted by molar-refractivity contribution is -0.143. The maximum absolute atomic E-state index is 13.9. The summed E-state index contributed by atoms with van der Waals surface area (Å²) in [6, 6.07) is 21.6. The van der Waals surface area contributed by atoms with Crippen LogP contribution < -0.4 is 5.32 Å².